The molecule has 1 amide bonds. The van der Waals surface area contributed by atoms with Crippen LogP contribution in [-0.2, 0) is 15.3 Å². The molecule has 0 spiro atoms. The lowest BCUT2D eigenvalue weighted by atomic mass is 9.95. The molecule has 1 aliphatic rings. The number of amides is 1. The molecule has 2 heterocycles. The zero-order valence-corrected chi connectivity index (χ0v) is 27.4. The first kappa shape index (κ1) is 32.3. The molecule has 1 atom stereocenters. The molecular weight excluding hydrogens is 634 g/mol. The summed E-state index contributed by atoms with van der Waals surface area (Å²) in [7, 11) is 1.51. The molecular formula is C33H32ClN3O6S2. The summed E-state index contributed by atoms with van der Waals surface area (Å²) < 4.78 is 17.6. The Kier molecular flexibility index (Phi) is 10.6. The molecule has 4 aromatic rings. The Morgan fingerprint density at radius 2 is 1.80 bits per heavy atom. The number of methoxy groups -OCH3 is 1. The molecule has 0 bridgehead atoms. The maximum atomic E-state index is 13.7. The molecule has 3 aromatic carbocycles. The minimum Gasteiger partial charge on any atom is -0.507 e. The number of unbranched alkanes of at least 4 members (excludes halogenated alkanes) is 1. The normalized spacial score (nSPS) is 15.8. The van der Waals surface area contributed by atoms with Gasteiger partial charge in [0.25, 0.3) is 5.78 Å². The summed E-state index contributed by atoms with van der Waals surface area (Å²) in [4.78, 5) is 28.6. The lowest BCUT2D eigenvalue weighted by Crippen LogP contribution is -2.29. The number of anilines is 1. The van der Waals surface area contributed by atoms with E-state index in [0.29, 0.717) is 56.7 Å². The van der Waals surface area contributed by atoms with E-state index < -0.39 is 17.7 Å². The molecule has 1 N–H and O–H groups in total. The molecule has 1 saturated heterocycles. The number of halogens is 1. The van der Waals surface area contributed by atoms with Gasteiger partial charge < -0.3 is 19.3 Å². The van der Waals surface area contributed by atoms with Crippen molar-refractivity contribution in [1.29, 1.82) is 0 Å². The van der Waals surface area contributed by atoms with E-state index in [9.17, 15) is 14.7 Å². The SMILES string of the molecule is CCCCOc1ccc(C(O)=C2C(=O)C(=O)N(c3nnc(SCc4ccccc4Cl)s3)[C@@H]2c2ccc(OCC)c(OC)c2)cc1. The maximum Gasteiger partial charge on any atom is 0.301 e. The van der Waals surface area contributed by atoms with Crippen molar-refractivity contribution in [2.24, 2.45) is 0 Å². The highest BCUT2D eigenvalue weighted by Crippen LogP contribution is 2.45. The summed E-state index contributed by atoms with van der Waals surface area (Å²) in [5, 5.41) is 21.0. The molecule has 45 heavy (non-hydrogen) atoms. The zero-order chi connectivity index (χ0) is 31.9. The molecule has 0 radical (unpaired) electrons. The Bertz CT molecular complexity index is 1710. The Morgan fingerprint density at radius 3 is 2.51 bits per heavy atom. The van der Waals surface area contributed by atoms with Gasteiger partial charge in [-0.2, -0.15) is 0 Å². The molecule has 12 heteroatoms. The van der Waals surface area contributed by atoms with Crippen LogP contribution >= 0.6 is 34.7 Å². The number of ketones is 1. The van der Waals surface area contributed by atoms with Crippen LogP contribution in [0.1, 0.15) is 49.4 Å². The van der Waals surface area contributed by atoms with Gasteiger partial charge in [-0.25, -0.2) is 0 Å². The average molecular weight is 666 g/mol. The molecule has 1 aromatic heterocycles. The fourth-order valence-corrected chi connectivity index (χ4v) is 6.94. The summed E-state index contributed by atoms with van der Waals surface area (Å²) in [5.74, 6) is 0.137. The van der Waals surface area contributed by atoms with E-state index in [2.05, 4.69) is 17.1 Å². The second-order valence-electron chi connectivity index (χ2n) is 9.97. The number of hydrogen-bond acceptors (Lipinski definition) is 10. The van der Waals surface area contributed by atoms with Gasteiger partial charge in [0, 0.05) is 16.3 Å². The van der Waals surface area contributed by atoms with E-state index in [1.165, 1.54) is 35.1 Å². The van der Waals surface area contributed by atoms with Crippen LogP contribution in [0, 0.1) is 0 Å². The van der Waals surface area contributed by atoms with E-state index in [1.54, 1.807) is 42.5 Å². The first-order valence-corrected chi connectivity index (χ1v) is 16.6. The van der Waals surface area contributed by atoms with Crippen molar-refractivity contribution >= 4 is 57.3 Å². The molecule has 0 unspecified atom stereocenters. The standard InChI is InChI=1S/C33H32ClN3O6S2/c1-4-6-17-43-23-14-11-20(12-15-23)29(38)27-28(21-13-16-25(42-5-2)26(18-21)41-3)37(31(40)30(27)39)32-35-36-33(45-32)44-19-22-9-7-8-10-24(22)34/h7-16,18,28,38H,4-6,17,19H2,1-3H3/t28-/m1/s1. The molecule has 0 aliphatic carbocycles. The minimum atomic E-state index is -1.01. The van der Waals surface area contributed by atoms with Crippen molar-refractivity contribution in [2.45, 2.75) is 42.8 Å². The number of nitrogens with zero attached hydrogens (tertiary/aromatic N) is 3. The van der Waals surface area contributed by atoms with Gasteiger partial charge in [0.1, 0.15) is 11.5 Å². The summed E-state index contributed by atoms with van der Waals surface area (Å²) in [5.41, 5.74) is 1.75. The third-order valence-corrected chi connectivity index (χ3v) is 9.53. The third kappa shape index (κ3) is 7.11. The molecule has 1 aliphatic heterocycles. The number of carbonyl (C=O) groups excluding carboxylic acids is 2. The average Bonchev–Trinajstić information content (AvgIpc) is 3.62. The monoisotopic (exact) mass is 665 g/mol. The van der Waals surface area contributed by atoms with Crippen LogP contribution in [0.15, 0.2) is 76.6 Å². The van der Waals surface area contributed by atoms with Crippen molar-refractivity contribution in [3.63, 3.8) is 0 Å². The van der Waals surface area contributed by atoms with Crippen molar-refractivity contribution in [1.82, 2.24) is 10.2 Å². The molecule has 5 rings (SSSR count). The first-order valence-electron chi connectivity index (χ1n) is 14.4. The fraction of sp³-hybridized carbons (Fsp3) is 0.273. The summed E-state index contributed by atoms with van der Waals surface area (Å²) >= 11 is 8.91. The van der Waals surface area contributed by atoms with Crippen LogP contribution in [0.2, 0.25) is 5.02 Å². The van der Waals surface area contributed by atoms with E-state index in [-0.39, 0.29) is 16.5 Å². The van der Waals surface area contributed by atoms with Crippen LogP contribution in [0.4, 0.5) is 5.13 Å². The van der Waals surface area contributed by atoms with Crippen molar-refractivity contribution in [3.05, 3.63) is 94.0 Å². The largest absolute Gasteiger partial charge is 0.507 e. The highest BCUT2D eigenvalue weighted by Gasteiger charge is 2.48. The summed E-state index contributed by atoms with van der Waals surface area (Å²) in [6, 6.07) is 18.4. The summed E-state index contributed by atoms with van der Waals surface area (Å²) in [6.45, 7) is 4.94. The first-order chi connectivity index (χ1) is 21.9. The topological polar surface area (TPSA) is 111 Å². The molecule has 1 fully saturated rings. The van der Waals surface area contributed by atoms with Crippen molar-refractivity contribution in [2.75, 3.05) is 25.2 Å². The van der Waals surface area contributed by atoms with Gasteiger partial charge in [-0.15, -0.1) is 10.2 Å². The van der Waals surface area contributed by atoms with Crippen molar-refractivity contribution in [3.8, 4) is 17.2 Å². The van der Waals surface area contributed by atoms with E-state index >= 15 is 0 Å². The number of hydrogen-bond donors (Lipinski definition) is 1. The number of benzene rings is 3. The smallest absolute Gasteiger partial charge is 0.301 e. The van der Waals surface area contributed by atoms with E-state index in [4.69, 9.17) is 25.8 Å². The highest BCUT2D eigenvalue weighted by atomic mass is 35.5. The van der Waals surface area contributed by atoms with Gasteiger partial charge in [-0.05, 0) is 66.9 Å². The number of carbonyl (C=O) groups is 2. The number of thioether (sulfide) groups is 1. The Balaban J connectivity index is 1.54. The molecule has 0 saturated carbocycles. The van der Waals surface area contributed by atoms with Gasteiger partial charge in [0.15, 0.2) is 15.8 Å². The van der Waals surface area contributed by atoms with Gasteiger partial charge in [0.05, 0.1) is 31.9 Å². The minimum absolute atomic E-state index is 0.0775. The lowest BCUT2D eigenvalue weighted by molar-refractivity contribution is -0.132. The predicted octanol–water partition coefficient (Wildman–Crippen LogP) is 7.70. The van der Waals surface area contributed by atoms with Gasteiger partial charge >= 0.3 is 5.91 Å². The quantitative estimate of drug-likeness (QED) is 0.0383. The van der Waals surface area contributed by atoms with Gasteiger partial charge in [-0.3, -0.25) is 14.5 Å². The number of ether oxygens (including phenoxy) is 3. The summed E-state index contributed by atoms with van der Waals surface area (Å²) in [6.07, 6.45) is 1.92. The molecule has 9 nitrogen and oxygen atoms in total. The lowest BCUT2D eigenvalue weighted by Gasteiger charge is -2.23. The number of Topliss-reactive ketones (excluding diaryl/α,β-unsaturated/α-hetero) is 1. The van der Waals surface area contributed by atoms with Crippen LogP contribution in [0.25, 0.3) is 5.76 Å². The Labute approximate surface area is 274 Å². The van der Waals surface area contributed by atoms with Crippen LogP contribution in [-0.4, -0.2) is 47.3 Å². The maximum absolute atomic E-state index is 13.7. The predicted molar refractivity (Wildman–Crippen MR) is 177 cm³/mol. The zero-order valence-electron chi connectivity index (χ0n) is 25.0. The molecule has 234 valence electrons. The van der Waals surface area contributed by atoms with Crippen molar-refractivity contribution < 1.29 is 28.9 Å². The van der Waals surface area contributed by atoms with E-state index in [1.807, 2.05) is 31.2 Å². The van der Waals surface area contributed by atoms with Gasteiger partial charge in [0.2, 0.25) is 5.13 Å². The van der Waals surface area contributed by atoms with Crippen LogP contribution in [0.5, 0.6) is 17.2 Å². The fourth-order valence-electron chi connectivity index (χ4n) is 4.79. The number of aromatic nitrogens is 2. The Hall–Kier alpha value is -4.06. The second-order valence-corrected chi connectivity index (χ2v) is 12.6. The number of rotatable bonds is 13. The van der Waals surface area contributed by atoms with E-state index in [0.717, 1.165) is 18.4 Å². The van der Waals surface area contributed by atoms with Crippen LogP contribution in [0.3, 0.4) is 0 Å². The Morgan fingerprint density at radius 1 is 1.02 bits per heavy atom. The number of aliphatic hydroxyl groups is 1. The second kappa shape index (κ2) is 14.8. The highest BCUT2D eigenvalue weighted by molar-refractivity contribution is 8.00. The van der Waals surface area contributed by atoms with Gasteiger partial charge in [-0.1, -0.05) is 72.3 Å². The number of aliphatic hydroxyl groups excluding tert-OH is 1. The third-order valence-electron chi connectivity index (χ3n) is 7.05. The van der Waals surface area contributed by atoms with Crippen LogP contribution < -0.4 is 19.1 Å².